The van der Waals surface area contributed by atoms with Crippen molar-refractivity contribution in [3.8, 4) is 5.75 Å². The Kier molecular flexibility index (Phi) is 13.9. The maximum Gasteiger partial charge on any atom is 0.326 e. The molecule has 2 aromatic rings. The maximum absolute atomic E-state index is 13.5. The van der Waals surface area contributed by atoms with Gasteiger partial charge in [0.05, 0.1) is 6.04 Å². The Balaban J connectivity index is 2.21. The number of nitrogens with zero attached hydrogens (tertiary/aromatic N) is 1. The van der Waals surface area contributed by atoms with Gasteiger partial charge in [0.1, 0.15) is 23.9 Å². The molecule has 0 fully saturated rings. The van der Waals surface area contributed by atoms with Crippen molar-refractivity contribution >= 4 is 29.7 Å². The number of aliphatic carboxylic acids is 1. The molecular weight excluding hydrogens is 554 g/mol. The molecule has 43 heavy (non-hydrogen) atoms. The molecule has 0 aliphatic carbocycles. The van der Waals surface area contributed by atoms with Gasteiger partial charge in [-0.2, -0.15) is 0 Å². The number of guanidine groups is 1. The van der Waals surface area contributed by atoms with Crippen molar-refractivity contribution in [2.45, 2.75) is 70.1 Å². The lowest BCUT2D eigenvalue weighted by molar-refractivity contribution is -0.142. The number of phenols is 1. The van der Waals surface area contributed by atoms with Crippen molar-refractivity contribution < 1.29 is 29.4 Å². The Morgan fingerprint density at radius 1 is 0.791 bits per heavy atom. The molecule has 13 nitrogen and oxygen atoms in total. The van der Waals surface area contributed by atoms with Gasteiger partial charge < -0.3 is 43.4 Å². The molecule has 0 spiro atoms. The van der Waals surface area contributed by atoms with Crippen molar-refractivity contribution in [3.05, 3.63) is 65.7 Å². The molecule has 2 aromatic carbocycles. The first-order chi connectivity index (χ1) is 20.3. The van der Waals surface area contributed by atoms with Crippen LogP contribution in [0.2, 0.25) is 0 Å². The van der Waals surface area contributed by atoms with Crippen LogP contribution in [-0.4, -0.2) is 70.6 Å². The van der Waals surface area contributed by atoms with Gasteiger partial charge in [-0.1, -0.05) is 56.3 Å². The Morgan fingerprint density at radius 3 is 1.91 bits per heavy atom. The largest absolute Gasteiger partial charge is 0.508 e. The van der Waals surface area contributed by atoms with Gasteiger partial charge in [-0.15, -0.1) is 0 Å². The van der Waals surface area contributed by atoms with Crippen molar-refractivity contribution in [2.24, 2.45) is 28.1 Å². The predicted molar refractivity (Wildman–Crippen MR) is 163 cm³/mol. The van der Waals surface area contributed by atoms with E-state index in [-0.39, 0.29) is 43.3 Å². The van der Waals surface area contributed by atoms with Gasteiger partial charge in [0.2, 0.25) is 17.7 Å². The highest BCUT2D eigenvalue weighted by Gasteiger charge is 2.31. The van der Waals surface area contributed by atoms with Gasteiger partial charge in [0.25, 0.3) is 0 Å². The monoisotopic (exact) mass is 597 g/mol. The maximum atomic E-state index is 13.5. The highest BCUT2D eigenvalue weighted by Crippen LogP contribution is 2.13. The summed E-state index contributed by atoms with van der Waals surface area (Å²) < 4.78 is 0. The first kappa shape index (κ1) is 34.6. The van der Waals surface area contributed by atoms with Crippen molar-refractivity contribution in [3.63, 3.8) is 0 Å². The van der Waals surface area contributed by atoms with Crippen LogP contribution in [0.3, 0.4) is 0 Å². The lowest BCUT2D eigenvalue weighted by atomic mass is 10.00. The van der Waals surface area contributed by atoms with Gasteiger partial charge in [0.15, 0.2) is 5.96 Å². The van der Waals surface area contributed by atoms with E-state index in [1.54, 1.807) is 42.5 Å². The van der Waals surface area contributed by atoms with Gasteiger partial charge in [-0.25, -0.2) is 4.79 Å². The average molecular weight is 598 g/mol. The predicted octanol–water partition coefficient (Wildman–Crippen LogP) is 0.143. The second-order valence-corrected chi connectivity index (χ2v) is 10.8. The molecule has 0 aliphatic rings. The lowest BCUT2D eigenvalue weighted by Gasteiger charge is -2.26. The van der Waals surface area contributed by atoms with Crippen LogP contribution < -0.4 is 33.2 Å². The third-order valence-corrected chi connectivity index (χ3v) is 6.55. The van der Waals surface area contributed by atoms with Crippen LogP contribution >= 0.6 is 0 Å². The second kappa shape index (κ2) is 17.3. The number of phenolic OH excluding ortho intramolecular Hbond substituents is 1. The number of hydrogen-bond donors (Lipinski definition) is 8. The summed E-state index contributed by atoms with van der Waals surface area (Å²) >= 11 is 0. The van der Waals surface area contributed by atoms with E-state index in [4.69, 9.17) is 17.2 Å². The van der Waals surface area contributed by atoms with E-state index in [9.17, 15) is 29.4 Å². The summed E-state index contributed by atoms with van der Waals surface area (Å²) in [6, 6.07) is 10.5. The Labute approximate surface area is 251 Å². The first-order valence-corrected chi connectivity index (χ1v) is 14.1. The minimum Gasteiger partial charge on any atom is -0.508 e. The first-order valence-electron chi connectivity index (χ1n) is 14.1. The second-order valence-electron chi connectivity index (χ2n) is 10.8. The fraction of sp³-hybridized carbons (Fsp3) is 0.433. The van der Waals surface area contributed by atoms with Gasteiger partial charge in [-0.3, -0.25) is 19.4 Å². The number of carboxylic acids is 1. The molecule has 3 amide bonds. The number of amides is 3. The number of carbonyl (C=O) groups excluding carboxylic acids is 3. The zero-order valence-corrected chi connectivity index (χ0v) is 24.5. The summed E-state index contributed by atoms with van der Waals surface area (Å²) in [4.78, 5) is 55.7. The number of aliphatic imine (C=N–C) groups is 1. The summed E-state index contributed by atoms with van der Waals surface area (Å²) in [5.41, 5.74) is 18.0. The van der Waals surface area contributed by atoms with E-state index in [1.807, 2.05) is 13.8 Å². The number of benzene rings is 2. The quantitative estimate of drug-likeness (QED) is 0.0702. The Hall–Kier alpha value is -4.65. The number of hydrogen-bond acceptors (Lipinski definition) is 7. The van der Waals surface area contributed by atoms with E-state index in [1.165, 1.54) is 12.1 Å². The normalized spacial score (nSPS) is 13.7. The van der Waals surface area contributed by atoms with Crippen LogP contribution in [0.25, 0.3) is 0 Å². The molecule has 0 aromatic heterocycles. The van der Waals surface area contributed by atoms with Crippen LogP contribution in [-0.2, 0) is 32.0 Å². The molecule has 4 atom stereocenters. The van der Waals surface area contributed by atoms with Crippen LogP contribution in [0.5, 0.6) is 5.75 Å². The van der Waals surface area contributed by atoms with Crippen molar-refractivity contribution in [2.75, 3.05) is 6.54 Å². The zero-order valence-electron chi connectivity index (χ0n) is 24.5. The molecule has 11 N–H and O–H groups in total. The smallest absolute Gasteiger partial charge is 0.326 e. The number of carbonyl (C=O) groups is 4. The molecule has 0 aliphatic heterocycles. The molecule has 0 radical (unpaired) electrons. The molecular formula is C30H43N7O6. The van der Waals surface area contributed by atoms with E-state index < -0.39 is 47.9 Å². The van der Waals surface area contributed by atoms with E-state index in [0.717, 1.165) is 0 Å². The summed E-state index contributed by atoms with van der Waals surface area (Å²) in [5.74, 6) is -3.14. The zero-order chi connectivity index (χ0) is 31.9. The standard InChI is InChI=1S/C30H43N7O6/c1-18(2)15-23(35-26(39)22(31)9-6-14-34-30(32)33)27(40)36-24(16-20-10-12-21(38)13-11-20)28(41)37-25(29(42)43)17-19-7-4-3-5-8-19/h3-5,7-8,10-13,18,22-25,38H,6,9,14-17,31H2,1-2H3,(H,35,39)(H,36,40)(H,37,41)(H,42,43)(H4,32,33,34). The lowest BCUT2D eigenvalue weighted by Crippen LogP contribution is -2.58. The van der Waals surface area contributed by atoms with Crippen LogP contribution in [0.4, 0.5) is 0 Å². The van der Waals surface area contributed by atoms with Crippen LogP contribution in [0.15, 0.2) is 59.6 Å². The number of nitrogens with one attached hydrogen (secondary N) is 3. The molecule has 4 unspecified atom stereocenters. The minimum absolute atomic E-state index is 0.000722. The fourth-order valence-electron chi connectivity index (χ4n) is 4.30. The summed E-state index contributed by atoms with van der Waals surface area (Å²) in [6.07, 6.45) is 1.04. The molecule has 0 saturated heterocycles. The Morgan fingerprint density at radius 2 is 1.33 bits per heavy atom. The molecule has 0 saturated carbocycles. The third-order valence-electron chi connectivity index (χ3n) is 6.55. The number of aromatic hydroxyl groups is 1. The van der Waals surface area contributed by atoms with Crippen LogP contribution in [0.1, 0.15) is 44.2 Å². The molecule has 234 valence electrons. The number of rotatable bonds is 17. The average Bonchev–Trinajstić information content (AvgIpc) is 2.95. The van der Waals surface area contributed by atoms with E-state index in [2.05, 4.69) is 20.9 Å². The van der Waals surface area contributed by atoms with Crippen LogP contribution in [0, 0.1) is 5.92 Å². The van der Waals surface area contributed by atoms with E-state index in [0.29, 0.717) is 24.1 Å². The van der Waals surface area contributed by atoms with Crippen molar-refractivity contribution in [1.82, 2.24) is 16.0 Å². The minimum atomic E-state index is -1.25. The van der Waals surface area contributed by atoms with Gasteiger partial charge in [-0.05, 0) is 48.4 Å². The molecule has 0 bridgehead atoms. The third kappa shape index (κ3) is 12.8. The summed E-state index contributed by atoms with van der Waals surface area (Å²) in [7, 11) is 0. The number of nitrogens with two attached hydrogens (primary N) is 3. The Bertz CT molecular complexity index is 1230. The van der Waals surface area contributed by atoms with Gasteiger partial charge >= 0.3 is 5.97 Å². The SMILES string of the molecule is CC(C)CC(NC(=O)C(N)CCCN=C(N)N)C(=O)NC(Cc1ccc(O)cc1)C(=O)NC(Cc1ccccc1)C(=O)O. The van der Waals surface area contributed by atoms with Gasteiger partial charge in [0, 0.05) is 19.4 Å². The van der Waals surface area contributed by atoms with E-state index >= 15 is 0 Å². The number of carboxylic acid groups (broad SMARTS) is 1. The summed E-state index contributed by atoms with van der Waals surface area (Å²) in [5, 5.41) is 27.4. The molecule has 13 heteroatoms. The summed E-state index contributed by atoms with van der Waals surface area (Å²) in [6.45, 7) is 4.06. The topological polar surface area (TPSA) is 235 Å². The highest BCUT2D eigenvalue weighted by atomic mass is 16.4. The van der Waals surface area contributed by atoms with Crippen molar-refractivity contribution in [1.29, 1.82) is 0 Å². The highest BCUT2D eigenvalue weighted by molar-refractivity contribution is 5.94. The molecule has 0 heterocycles. The molecule has 2 rings (SSSR count). The fourth-order valence-corrected chi connectivity index (χ4v) is 4.30.